The lowest BCUT2D eigenvalue weighted by molar-refractivity contribution is -0.119. The summed E-state index contributed by atoms with van der Waals surface area (Å²) in [7, 11) is 0. The molecule has 0 saturated carbocycles. The summed E-state index contributed by atoms with van der Waals surface area (Å²) in [5, 5.41) is 0. The Morgan fingerprint density at radius 3 is 2.69 bits per heavy atom. The van der Waals surface area contributed by atoms with Crippen molar-refractivity contribution >= 4 is 5.78 Å². The van der Waals surface area contributed by atoms with Gasteiger partial charge in [0.25, 0.3) is 0 Å². The maximum absolute atomic E-state index is 11.7. The standard InChI is InChI=1S/C15H18O/c16-15-11-7-2-1-4-10-14(12-15)13-8-5-3-6-9-13/h1,3-6,8-9,14H,2,7,10-12H2/b4-1+/t14-/m1/s1. The van der Waals surface area contributed by atoms with Crippen molar-refractivity contribution in [3.8, 4) is 0 Å². The molecule has 0 aromatic heterocycles. The first-order valence-corrected chi connectivity index (χ1v) is 6.08. The predicted molar refractivity (Wildman–Crippen MR) is 66.4 cm³/mol. The van der Waals surface area contributed by atoms with E-state index in [1.54, 1.807) is 0 Å². The average molecular weight is 214 g/mol. The van der Waals surface area contributed by atoms with Crippen molar-refractivity contribution in [1.29, 1.82) is 0 Å². The fourth-order valence-corrected chi connectivity index (χ4v) is 2.23. The number of hydrogen-bond donors (Lipinski definition) is 0. The van der Waals surface area contributed by atoms with E-state index in [2.05, 4.69) is 36.4 Å². The van der Waals surface area contributed by atoms with Crippen molar-refractivity contribution in [2.45, 2.75) is 38.0 Å². The van der Waals surface area contributed by atoms with Gasteiger partial charge in [-0.2, -0.15) is 0 Å². The van der Waals surface area contributed by atoms with Gasteiger partial charge >= 0.3 is 0 Å². The Balaban J connectivity index is 2.14. The molecule has 0 N–H and O–H groups in total. The number of carbonyl (C=O) groups excluding carboxylic acids is 1. The lowest BCUT2D eigenvalue weighted by Crippen LogP contribution is -2.06. The fourth-order valence-electron chi connectivity index (χ4n) is 2.23. The Labute approximate surface area is 97.2 Å². The van der Waals surface area contributed by atoms with Gasteiger partial charge in [0.05, 0.1) is 0 Å². The van der Waals surface area contributed by atoms with Crippen LogP contribution in [0, 0.1) is 0 Å². The normalized spacial score (nSPS) is 24.2. The summed E-state index contributed by atoms with van der Waals surface area (Å²) in [6, 6.07) is 10.4. The molecule has 0 fully saturated rings. The third-order valence-electron chi connectivity index (χ3n) is 3.16. The Kier molecular flexibility index (Phi) is 3.92. The maximum atomic E-state index is 11.7. The molecule has 1 aliphatic rings. The van der Waals surface area contributed by atoms with E-state index in [0.717, 1.165) is 25.7 Å². The second-order valence-electron chi connectivity index (χ2n) is 4.45. The molecule has 0 unspecified atom stereocenters. The van der Waals surface area contributed by atoms with Crippen LogP contribution in [-0.2, 0) is 4.79 Å². The molecule has 2 rings (SSSR count). The Morgan fingerprint density at radius 1 is 1.06 bits per heavy atom. The number of allylic oxidation sites excluding steroid dienone is 2. The van der Waals surface area contributed by atoms with E-state index in [-0.39, 0.29) is 0 Å². The summed E-state index contributed by atoms with van der Waals surface area (Å²) in [4.78, 5) is 11.7. The molecule has 0 amide bonds. The van der Waals surface area contributed by atoms with Crippen molar-refractivity contribution in [1.82, 2.24) is 0 Å². The summed E-state index contributed by atoms with van der Waals surface area (Å²) in [5.74, 6) is 0.792. The zero-order valence-electron chi connectivity index (χ0n) is 9.56. The van der Waals surface area contributed by atoms with E-state index in [1.165, 1.54) is 5.56 Å². The molecule has 1 atom stereocenters. The number of ketones is 1. The maximum Gasteiger partial charge on any atom is 0.133 e. The second-order valence-corrected chi connectivity index (χ2v) is 4.45. The van der Waals surface area contributed by atoms with Crippen molar-refractivity contribution in [2.75, 3.05) is 0 Å². The highest BCUT2D eigenvalue weighted by atomic mass is 16.1. The summed E-state index contributed by atoms with van der Waals surface area (Å²) in [6.45, 7) is 0. The molecule has 1 nitrogen and oxygen atoms in total. The zero-order valence-corrected chi connectivity index (χ0v) is 9.56. The van der Waals surface area contributed by atoms with Crippen molar-refractivity contribution in [3.05, 3.63) is 48.0 Å². The quantitative estimate of drug-likeness (QED) is 0.649. The number of hydrogen-bond acceptors (Lipinski definition) is 1. The lowest BCUT2D eigenvalue weighted by Gasteiger charge is -2.14. The third-order valence-corrected chi connectivity index (χ3v) is 3.16. The highest BCUT2D eigenvalue weighted by Crippen LogP contribution is 2.26. The minimum absolute atomic E-state index is 0.378. The van der Waals surface area contributed by atoms with E-state index in [1.807, 2.05) is 6.07 Å². The van der Waals surface area contributed by atoms with Gasteiger partial charge in [-0.05, 0) is 30.7 Å². The molecular weight excluding hydrogens is 196 g/mol. The van der Waals surface area contributed by atoms with Crippen LogP contribution in [0.3, 0.4) is 0 Å². The van der Waals surface area contributed by atoms with Gasteiger partial charge in [-0.3, -0.25) is 4.79 Å². The third kappa shape index (κ3) is 3.06. The van der Waals surface area contributed by atoms with E-state index in [4.69, 9.17) is 0 Å². The number of carbonyl (C=O) groups is 1. The van der Waals surface area contributed by atoms with Gasteiger partial charge in [0.15, 0.2) is 0 Å². The fraction of sp³-hybridized carbons (Fsp3) is 0.400. The van der Waals surface area contributed by atoms with Crippen LogP contribution in [0.5, 0.6) is 0 Å². The first kappa shape index (κ1) is 11.1. The Bertz CT molecular complexity index is 364. The zero-order chi connectivity index (χ0) is 11.2. The molecule has 0 radical (unpaired) electrons. The van der Waals surface area contributed by atoms with E-state index in [9.17, 15) is 4.79 Å². The van der Waals surface area contributed by atoms with Gasteiger partial charge in [0.2, 0.25) is 0 Å². The Hall–Kier alpha value is -1.37. The summed E-state index contributed by atoms with van der Waals surface area (Å²) >= 11 is 0. The molecule has 84 valence electrons. The minimum atomic E-state index is 0.378. The van der Waals surface area contributed by atoms with Gasteiger partial charge in [-0.25, -0.2) is 0 Å². The van der Waals surface area contributed by atoms with Crippen molar-refractivity contribution in [3.63, 3.8) is 0 Å². The average Bonchev–Trinajstić information content (AvgIpc) is 2.42. The van der Waals surface area contributed by atoms with Gasteiger partial charge < -0.3 is 0 Å². The molecule has 1 aromatic rings. The van der Waals surface area contributed by atoms with Crippen LogP contribution in [0.25, 0.3) is 0 Å². The first-order chi connectivity index (χ1) is 7.86. The number of Topliss-reactive ketones (excluding diaryl/α,β-unsaturated/α-hetero) is 1. The summed E-state index contributed by atoms with van der Waals surface area (Å²) in [6.07, 6.45) is 8.95. The van der Waals surface area contributed by atoms with Gasteiger partial charge in [-0.15, -0.1) is 0 Å². The second kappa shape index (κ2) is 5.64. The van der Waals surface area contributed by atoms with Crippen LogP contribution >= 0.6 is 0 Å². The molecular formula is C15H18O. The van der Waals surface area contributed by atoms with Crippen LogP contribution in [0.4, 0.5) is 0 Å². The van der Waals surface area contributed by atoms with Crippen molar-refractivity contribution in [2.24, 2.45) is 0 Å². The van der Waals surface area contributed by atoms with Crippen LogP contribution in [0.15, 0.2) is 42.5 Å². The Morgan fingerprint density at radius 2 is 1.88 bits per heavy atom. The first-order valence-electron chi connectivity index (χ1n) is 6.08. The van der Waals surface area contributed by atoms with Gasteiger partial charge in [-0.1, -0.05) is 42.5 Å². The SMILES string of the molecule is O=C1CCC/C=C/C[C@@H](c2ccccc2)C1. The molecule has 0 bridgehead atoms. The van der Waals surface area contributed by atoms with E-state index < -0.39 is 0 Å². The van der Waals surface area contributed by atoms with Gasteiger partial charge in [0.1, 0.15) is 5.78 Å². The minimum Gasteiger partial charge on any atom is -0.300 e. The summed E-state index contributed by atoms with van der Waals surface area (Å²) in [5.41, 5.74) is 1.29. The van der Waals surface area contributed by atoms with Crippen LogP contribution in [-0.4, -0.2) is 5.78 Å². The largest absolute Gasteiger partial charge is 0.300 e. The van der Waals surface area contributed by atoms with E-state index in [0.29, 0.717) is 18.1 Å². The summed E-state index contributed by atoms with van der Waals surface area (Å²) < 4.78 is 0. The van der Waals surface area contributed by atoms with E-state index >= 15 is 0 Å². The molecule has 0 aliphatic heterocycles. The molecule has 0 heterocycles. The molecule has 1 aromatic carbocycles. The van der Waals surface area contributed by atoms with Crippen molar-refractivity contribution < 1.29 is 4.79 Å². The molecule has 16 heavy (non-hydrogen) atoms. The molecule has 0 spiro atoms. The van der Waals surface area contributed by atoms with Crippen LogP contribution in [0.1, 0.15) is 43.6 Å². The number of benzene rings is 1. The highest BCUT2D eigenvalue weighted by Gasteiger charge is 2.15. The van der Waals surface area contributed by atoms with Crippen LogP contribution in [0.2, 0.25) is 0 Å². The van der Waals surface area contributed by atoms with Gasteiger partial charge in [0, 0.05) is 12.8 Å². The molecule has 0 saturated heterocycles. The molecule has 1 aliphatic carbocycles. The highest BCUT2D eigenvalue weighted by molar-refractivity contribution is 5.79. The topological polar surface area (TPSA) is 17.1 Å². The number of rotatable bonds is 1. The molecule has 1 heteroatoms. The predicted octanol–water partition coefficient (Wildman–Crippen LogP) is 3.86. The smallest absolute Gasteiger partial charge is 0.133 e. The lowest BCUT2D eigenvalue weighted by atomic mass is 9.90. The van der Waals surface area contributed by atoms with Crippen LogP contribution < -0.4 is 0 Å². The monoisotopic (exact) mass is 214 g/mol.